The number of nitrogens with one attached hydrogen (secondary N) is 2. The summed E-state index contributed by atoms with van der Waals surface area (Å²) in [6, 6.07) is 17.0. The first-order valence-electron chi connectivity index (χ1n) is 8.84. The minimum Gasteiger partial charge on any atom is -0.497 e. The van der Waals surface area contributed by atoms with Crippen molar-refractivity contribution in [1.82, 2.24) is 15.5 Å². The van der Waals surface area contributed by atoms with Gasteiger partial charge in [0, 0.05) is 20.1 Å². The summed E-state index contributed by atoms with van der Waals surface area (Å²) in [6.07, 6.45) is 0. The molecule has 0 saturated carbocycles. The predicted octanol–water partition coefficient (Wildman–Crippen LogP) is 3.59. The van der Waals surface area contributed by atoms with Crippen LogP contribution in [-0.4, -0.2) is 45.7 Å². The summed E-state index contributed by atoms with van der Waals surface area (Å²) in [4.78, 5) is 6.54. The number of rotatable bonds is 7. The third-order valence-electron chi connectivity index (χ3n) is 4.37. The SMILES string of the molecule is CN=C(NCc1cccc(OC)c1)NCC(c1ccc(C)cc1)N(C)C.I. The Morgan fingerprint density at radius 3 is 2.41 bits per heavy atom. The molecule has 0 heterocycles. The van der Waals surface area contributed by atoms with Crippen molar-refractivity contribution in [3.8, 4) is 5.75 Å². The van der Waals surface area contributed by atoms with Crippen LogP contribution in [0.5, 0.6) is 5.75 Å². The van der Waals surface area contributed by atoms with Gasteiger partial charge in [0.15, 0.2) is 5.96 Å². The van der Waals surface area contributed by atoms with E-state index in [1.807, 2.05) is 18.2 Å². The van der Waals surface area contributed by atoms with Gasteiger partial charge in [-0.2, -0.15) is 0 Å². The lowest BCUT2D eigenvalue weighted by Crippen LogP contribution is -2.41. The van der Waals surface area contributed by atoms with Gasteiger partial charge in [-0.1, -0.05) is 42.0 Å². The highest BCUT2D eigenvalue weighted by molar-refractivity contribution is 14.0. The Hall–Kier alpha value is -1.80. The molecule has 1 atom stereocenters. The Morgan fingerprint density at radius 2 is 1.81 bits per heavy atom. The third kappa shape index (κ3) is 7.38. The average Bonchev–Trinajstić information content (AvgIpc) is 2.65. The van der Waals surface area contributed by atoms with E-state index in [2.05, 4.69) is 71.9 Å². The largest absolute Gasteiger partial charge is 0.497 e. The number of aliphatic imine (C=N–C) groups is 1. The summed E-state index contributed by atoms with van der Waals surface area (Å²) in [5.41, 5.74) is 3.71. The number of ether oxygens (including phenoxy) is 1. The molecule has 0 amide bonds. The Balaban J connectivity index is 0.00000364. The fourth-order valence-corrected chi connectivity index (χ4v) is 2.77. The molecule has 0 aliphatic heterocycles. The molecule has 0 spiro atoms. The summed E-state index contributed by atoms with van der Waals surface area (Å²) in [6.45, 7) is 3.57. The van der Waals surface area contributed by atoms with Crippen LogP contribution in [0.4, 0.5) is 0 Å². The number of methoxy groups -OCH3 is 1. The number of guanidine groups is 1. The number of nitrogens with zero attached hydrogens (tertiary/aromatic N) is 2. The molecule has 6 heteroatoms. The van der Waals surface area contributed by atoms with Crippen molar-refractivity contribution < 1.29 is 4.74 Å². The standard InChI is InChI=1S/C21H30N4O.HI/c1-16-9-11-18(12-10-16)20(25(3)4)15-24-21(22-2)23-14-17-7-6-8-19(13-17)26-5;/h6-13,20H,14-15H2,1-5H3,(H2,22,23,24);1H. The van der Waals surface area contributed by atoms with Crippen molar-refractivity contribution >= 4 is 29.9 Å². The zero-order valence-corrected chi connectivity index (χ0v) is 19.2. The third-order valence-corrected chi connectivity index (χ3v) is 4.37. The van der Waals surface area contributed by atoms with E-state index in [9.17, 15) is 0 Å². The fraction of sp³-hybridized carbons (Fsp3) is 0.381. The second-order valence-electron chi connectivity index (χ2n) is 6.55. The van der Waals surface area contributed by atoms with Crippen molar-refractivity contribution in [1.29, 1.82) is 0 Å². The van der Waals surface area contributed by atoms with Crippen molar-refractivity contribution in [3.63, 3.8) is 0 Å². The topological polar surface area (TPSA) is 48.9 Å². The van der Waals surface area contributed by atoms with Crippen LogP contribution < -0.4 is 15.4 Å². The maximum absolute atomic E-state index is 5.27. The van der Waals surface area contributed by atoms with Crippen molar-refractivity contribution in [2.24, 2.45) is 4.99 Å². The van der Waals surface area contributed by atoms with Gasteiger partial charge in [0.25, 0.3) is 0 Å². The van der Waals surface area contributed by atoms with Crippen LogP contribution in [0.3, 0.4) is 0 Å². The Kier molecular flexibility index (Phi) is 10.2. The Labute approximate surface area is 180 Å². The summed E-state index contributed by atoms with van der Waals surface area (Å²) >= 11 is 0. The lowest BCUT2D eigenvalue weighted by atomic mass is 10.0. The summed E-state index contributed by atoms with van der Waals surface area (Å²) < 4.78 is 5.27. The second-order valence-corrected chi connectivity index (χ2v) is 6.55. The van der Waals surface area contributed by atoms with Crippen LogP contribution in [0.1, 0.15) is 22.7 Å². The molecule has 0 aliphatic rings. The van der Waals surface area contributed by atoms with E-state index in [1.54, 1.807) is 14.2 Å². The molecule has 1 unspecified atom stereocenters. The quantitative estimate of drug-likeness (QED) is 0.360. The van der Waals surface area contributed by atoms with Crippen LogP contribution in [-0.2, 0) is 6.54 Å². The number of likely N-dealkylation sites (N-methyl/N-ethyl adjacent to an activating group) is 1. The maximum Gasteiger partial charge on any atom is 0.191 e. The Bertz CT molecular complexity index is 716. The number of hydrogen-bond donors (Lipinski definition) is 2. The van der Waals surface area contributed by atoms with Crippen LogP contribution >= 0.6 is 24.0 Å². The van der Waals surface area contributed by atoms with Crippen LogP contribution in [0.15, 0.2) is 53.5 Å². The molecule has 0 aromatic heterocycles. The zero-order chi connectivity index (χ0) is 18.9. The van der Waals surface area contributed by atoms with Crippen LogP contribution in [0, 0.1) is 6.92 Å². The molecule has 148 valence electrons. The molecule has 0 saturated heterocycles. The molecular formula is C21H31IN4O. The minimum absolute atomic E-state index is 0. The molecule has 27 heavy (non-hydrogen) atoms. The summed E-state index contributed by atoms with van der Waals surface area (Å²) in [7, 11) is 7.66. The number of halogens is 1. The highest BCUT2D eigenvalue weighted by Gasteiger charge is 2.14. The van der Waals surface area contributed by atoms with E-state index >= 15 is 0 Å². The van der Waals surface area contributed by atoms with Gasteiger partial charge in [-0.25, -0.2) is 0 Å². The van der Waals surface area contributed by atoms with Crippen molar-refractivity contribution in [2.75, 3.05) is 34.8 Å². The highest BCUT2D eigenvalue weighted by atomic mass is 127. The first kappa shape index (κ1) is 23.2. The van der Waals surface area contributed by atoms with E-state index < -0.39 is 0 Å². The second kappa shape index (κ2) is 11.8. The molecule has 0 aliphatic carbocycles. The Morgan fingerprint density at radius 1 is 1.11 bits per heavy atom. The molecule has 0 bridgehead atoms. The first-order valence-corrected chi connectivity index (χ1v) is 8.84. The smallest absolute Gasteiger partial charge is 0.191 e. The molecular weight excluding hydrogens is 451 g/mol. The number of aryl methyl sites for hydroxylation is 1. The van der Waals surface area contributed by atoms with E-state index in [0.717, 1.165) is 23.8 Å². The van der Waals surface area contributed by atoms with Gasteiger partial charge in [0.2, 0.25) is 0 Å². The van der Waals surface area contributed by atoms with Gasteiger partial charge in [0.05, 0.1) is 13.2 Å². The van der Waals surface area contributed by atoms with Crippen LogP contribution in [0.2, 0.25) is 0 Å². The molecule has 5 nitrogen and oxygen atoms in total. The van der Waals surface area contributed by atoms with E-state index in [1.165, 1.54) is 11.1 Å². The van der Waals surface area contributed by atoms with Gasteiger partial charge in [0.1, 0.15) is 5.75 Å². The summed E-state index contributed by atoms with van der Waals surface area (Å²) in [5.74, 6) is 1.64. The van der Waals surface area contributed by atoms with Crippen molar-refractivity contribution in [3.05, 3.63) is 65.2 Å². The van der Waals surface area contributed by atoms with Gasteiger partial charge < -0.3 is 20.3 Å². The predicted molar refractivity (Wildman–Crippen MR) is 124 cm³/mol. The maximum atomic E-state index is 5.27. The lowest BCUT2D eigenvalue weighted by Gasteiger charge is -2.26. The van der Waals surface area contributed by atoms with Gasteiger partial charge in [-0.05, 0) is 44.3 Å². The van der Waals surface area contributed by atoms with Crippen molar-refractivity contribution in [2.45, 2.75) is 19.5 Å². The first-order chi connectivity index (χ1) is 12.5. The normalized spacial score (nSPS) is 12.3. The van der Waals surface area contributed by atoms with E-state index in [4.69, 9.17) is 4.74 Å². The number of hydrogen-bond acceptors (Lipinski definition) is 3. The lowest BCUT2D eigenvalue weighted by molar-refractivity contribution is 0.298. The average molecular weight is 482 g/mol. The molecule has 2 N–H and O–H groups in total. The number of benzene rings is 2. The molecule has 2 aromatic rings. The minimum atomic E-state index is 0. The molecule has 0 fully saturated rings. The van der Waals surface area contributed by atoms with Gasteiger partial charge in [-0.15, -0.1) is 24.0 Å². The monoisotopic (exact) mass is 482 g/mol. The van der Waals surface area contributed by atoms with E-state index in [-0.39, 0.29) is 30.0 Å². The summed E-state index contributed by atoms with van der Waals surface area (Å²) in [5, 5.41) is 6.79. The zero-order valence-electron chi connectivity index (χ0n) is 16.8. The molecule has 2 rings (SSSR count). The molecule has 2 aromatic carbocycles. The van der Waals surface area contributed by atoms with Gasteiger partial charge >= 0.3 is 0 Å². The van der Waals surface area contributed by atoms with E-state index in [0.29, 0.717) is 6.54 Å². The van der Waals surface area contributed by atoms with Gasteiger partial charge in [-0.3, -0.25) is 4.99 Å². The fourth-order valence-electron chi connectivity index (χ4n) is 2.77. The molecule has 0 radical (unpaired) electrons. The van der Waals surface area contributed by atoms with Crippen LogP contribution in [0.25, 0.3) is 0 Å². The highest BCUT2D eigenvalue weighted by Crippen LogP contribution is 2.18.